The molecule has 1 aliphatic heterocycles. The first kappa shape index (κ1) is 10.2. The van der Waals surface area contributed by atoms with Crippen LogP contribution in [0.5, 0.6) is 0 Å². The maximum Gasteiger partial charge on any atom is 0.256 e. The number of amides is 1. The van der Waals surface area contributed by atoms with Crippen LogP contribution in [0.4, 0.5) is 5.69 Å². The normalized spacial score (nSPS) is 16.1. The lowest BCUT2D eigenvalue weighted by molar-refractivity contribution is -0.110. The molecular formula is C13H8ClNO2. The number of fused-ring (bicyclic) bond motifs is 1. The molecule has 3 rings (SSSR count). The van der Waals surface area contributed by atoms with Gasteiger partial charge >= 0.3 is 0 Å². The number of benzene rings is 1. The van der Waals surface area contributed by atoms with E-state index in [9.17, 15) is 4.79 Å². The molecule has 17 heavy (non-hydrogen) atoms. The first-order valence-electron chi connectivity index (χ1n) is 5.09. The molecule has 84 valence electrons. The molecule has 2 heterocycles. The molecule has 0 atom stereocenters. The third-order valence-corrected chi connectivity index (χ3v) is 2.85. The fourth-order valence-electron chi connectivity index (χ4n) is 1.83. The second-order valence-electron chi connectivity index (χ2n) is 3.76. The smallest absolute Gasteiger partial charge is 0.256 e. The molecular weight excluding hydrogens is 238 g/mol. The van der Waals surface area contributed by atoms with Gasteiger partial charge < -0.3 is 9.73 Å². The van der Waals surface area contributed by atoms with Crippen molar-refractivity contribution in [3.63, 3.8) is 0 Å². The Morgan fingerprint density at radius 1 is 1.29 bits per heavy atom. The van der Waals surface area contributed by atoms with Crippen LogP contribution in [-0.4, -0.2) is 5.91 Å². The van der Waals surface area contributed by atoms with Crippen molar-refractivity contribution in [1.82, 2.24) is 0 Å². The number of hydrogen-bond donors (Lipinski definition) is 1. The zero-order chi connectivity index (χ0) is 11.8. The van der Waals surface area contributed by atoms with E-state index in [2.05, 4.69) is 5.32 Å². The summed E-state index contributed by atoms with van der Waals surface area (Å²) < 4.78 is 4.97. The van der Waals surface area contributed by atoms with Gasteiger partial charge in [-0.05, 0) is 24.3 Å². The van der Waals surface area contributed by atoms with Crippen LogP contribution in [0.15, 0.2) is 41.2 Å². The highest BCUT2D eigenvalue weighted by Gasteiger charge is 2.23. The largest absolute Gasteiger partial charge is 0.472 e. The maximum absolute atomic E-state index is 11.8. The highest BCUT2D eigenvalue weighted by Crippen LogP contribution is 2.34. The Labute approximate surface area is 103 Å². The van der Waals surface area contributed by atoms with Crippen LogP contribution in [0.2, 0.25) is 5.02 Å². The van der Waals surface area contributed by atoms with Gasteiger partial charge in [-0.25, -0.2) is 0 Å². The minimum Gasteiger partial charge on any atom is -0.472 e. The van der Waals surface area contributed by atoms with Gasteiger partial charge in [0.1, 0.15) is 0 Å². The van der Waals surface area contributed by atoms with Crippen LogP contribution in [0.25, 0.3) is 11.6 Å². The number of anilines is 1. The minimum atomic E-state index is -0.122. The van der Waals surface area contributed by atoms with E-state index in [0.29, 0.717) is 10.6 Å². The molecule has 1 amide bonds. The number of halogens is 1. The molecule has 0 radical (unpaired) electrons. The van der Waals surface area contributed by atoms with Gasteiger partial charge in [0.2, 0.25) is 0 Å². The Kier molecular flexibility index (Phi) is 2.27. The molecule has 3 nitrogen and oxygen atoms in total. The molecule has 1 N–H and O–H groups in total. The summed E-state index contributed by atoms with van der Waals surface area (Å²) in [7, 11) is 0. The SMILES string of the molecule is O=C1Nc2cc(Cl)ccc2/C1=C\c1ccoc1. The number of furan rings is 1. The molecule has 1 aromatic carbocycles. The van der Waals surface area contributed by atoms with Crippen molar-refractivity contribution in [2.24, 2.45) is 0 Å². The molecule has 1 aromatic heterocycles. The summed E-state index contributed by atoms with van der Waals surface area (Å²) >= 11 is 5.88. The predicted octanol–water partition coefficient (Wildman–Crippen LogP) is 3.43. The lowest BCUT2D eigenvalue weighted by Gasteiger charge is -1.97. The maximum atomic E-state index is 11.8. The first-order chi connectivity index (χ1) is 8.24. The molecule has 2 aromatic rings. The third kappa shape index (κ3) is 1.74. The summed E-state index contributed by atoms with van der Waals surface area (Å²) in [5.74, 6) is -0.122. The van der Waals surface area contributed by atoms with Crippen molar-refractivity contribution < 1.29 is 9.21 Å². The van der Waals surface area contributed by atoms with Crippen LogP contribution in [0, 0.1) is 0 Å². The van der Waals surface area contributed by atoms with E-state index >= 15 is 0 Å². The van der Waals surface area contributed by atoms with E-state index < -0.39 is 0 Å². The van der Waals surface area contributed by atoms with Gasteiger partial charge in [0.25, 0.3) is 5.91 Å². The summed E-state index contributed by atoms with van der Waals surface area (Å²) in [4.78, 5) is 11.8. The van der Waals surface area contributed by atoms with Crippen LogP contribution >= 0.6 is 11.6 Å². The van der Waals surface area contributed by atoms with Crippen LogP contribution in [-0.2, 0) is 4.79 Å². The molecule has 4 heteroatoms. The number of carbonyl (C=O) groups is 1. The van der Waals surface area contributed by atoms with Crippen molar-refractivity contribution in [3.05, 3.63) is 52.9 Å². The monoisotopic (exact) mass is 245 g/mol. The van der Waals surface area contributed by atoms with E-state index in [1.54, 1.807) is 36.8 Å². The Morgan fingerprint density at radius 2 is 2.18 bits per heavy atom. The Morgan fingerprint density at radius 3 is 2.94 bits per heavy atom. The first-order valence-corrected chi connectivity index (χ1v) is 5.47. The molecule has 0 bridgehead atoms. The summed E-state index contributed by atoms with van der Waals surface area (Å²) in [5.41, 5.74) is 3.09. The minimum absolute atomic E-state index is 0.122. The van der Waals surface area contributed by atoms with E-state index in [1.165, 1.54) is 0 Å². The van der Waals surface area contributed by atoms with Gasteiger partial charge in [-0.15, -0.1) is 0 Å². The quantitative estimate of drug-likeness (QED) is 0.782. The van der Waals surface area contributed by atoms with E-state index in [4.69, 9.17) is 16.0 Å². The van der Waals surface area contributed by atoms with Crippen molar-refractivity contribution >= 4 is 34.8 Å². The highest BCUT2D eigenvalue weighted by atomic mass is 35.5. The molecule has 1 aliphatic rings. The van der Waals surface area contributed by atoms with Crippen molar-refractivity contribution in [2.45, 2.75) is 0 Å². The van der Waals surface area contributed by atoms with Crippen molar-refractivity contribution in [3.8, 4) is 0 Å². The summed E-state index contributed by atoms with van der Waals surface area (Å²) in [6.45, 7) is 0. The van der Waals surface area contributed by atoms with Gasteiger partial charge in [0.15, 0.2) is 0 Å². The fraction of sp³-hybridized carbons (Fsp3) is 0. The van der Waals surface area contributed by atoms with Gasteiger partial charge in [-0.1, -0.05) is 17.7 Å². The molecule has 0 spiro atoms. The second-order valence-corrected chi connectivity index (χ2v) is 4.20. The average Bonchev–Trinajstić information content (AvgIpc) is 2.88. The lowest BCUT2D eigenvalue weighted by atomic mass is 10.1. The van der Waals surface area contributed by atoms with Crippen molar-refractivity contribution in [1.29, 1.82) is 0 Å². The van der Waals surface area contributed by atoms with Gasteiger partial charge in [-0.3, -0.25) is 4.79 Å². The Bertz CT molecular complexity index is 614. The molecule has 0 fully saturated rings. The molecule has 0 unspecified atom stereocenters. The third-order valence-electron chi connectivity index (χ3n) is 2.62. The highest BCUT2D eigenvalue weighted by molar-refractivity contribution is 6.36. The fourth-order valence-corrected chi connectivity index (χ4v) is 2.01. The summed E-state index contributed by atoms with van der Waals surface area (Å²) in [6, 6.07) is 7.14. The Hall–Kier alpha value is -2.00. The zero-order valence-corrected chi connectivity index (χ0v) is 9.49. The number of nitrogens with one attached hydrogen (secondary N) is 1. The standard InChI is InChI=1S/C13H8ClNO2/c14-9-1-2-10-11(5-8-3-4-17-7-8)13(16)15-12(10)6-9/h1-7H,(H,15,16)/b11-5+. The van der Waals surface area contributed by atoms with E-state index in [-0.39, 0.29) is 5.91 Å². The number of rotatable bonds is 1. The summed E-state index contributed by atoms with van der Waals surface area (Å²) in [6.07, 6.45) is 4.95. The van der Waals surface area contributed by atoms with Crippen molar-refractivity contribution in [2.75, 3.05) is 5.32 Å². The average molecular weight is 246 g/mol. The Balaban J connectivity index is 2.11. The zero-order valence-electron chi connectivity index (χ0n) is 8.74. The lowest BCUT2D eigenvalue weighted by Crippen LogP contribution is -2.03. The van der Waals surface area contributed by atoms with Gasteiger partial charge in [0, 0.05) is 21.7 Å². The van der Waals surface area contributed by atoms with Crippen LogP contribution in [0.3, 0.4) is 0 Å². The van der Waals surface area contributed by atoms with Gasteiger partial charge in [-0.2, -0.15) is 0 Å². The second kappa shape index (κ2) is 3.79. The van der Waals surface area contributed by atoms with E-state index in [0.717, 1.165) is 16.8 Å². The summed E-state index contributed by atoms with van der Waals surface area (Å²) in [5, 5.41) is 3.38. The van der Waals surface area contributed by atoms with E-state index in [1.807, 2.05) is 6.07 Å². The van der Waals surface area contributed by atoms with Crippen LogP contribution < -0.4 is 5.32 Å². The molecule has 0 aliphatic carbocycles. The topological polar surface area (TPSA) is 42.2 Å². The molecule has 0 saturated heterocycles. The predicted molar refractivity (Wildman–Crippen MR) is 66.7 cm³/mol. The van der Waals surface area contributed by atoms with Crippen LogP contribution in [0.1, 0.15) is 11.1 Å². The number of carbonyl (C=O) groups excluding carboxylic acids is 1. The molecule has 0 saturated carbocycles. The number of hydrogen-bond acceptors (Lipinski definition) is 2. The van der Waals surface area contributed by atoms with Gasteiger partial charge in [0.05, 0.1) is 18.2 Å².